The third-order valence-corrected chi connectivity index (χ3v) is 7.75. The number of hydrogen-bond donors (Lipinski definition) is 2. The smallest absolute Gasteiger partial charge is 0.162 e. The summed E-state index contributed by atoms with van der Waals surface area (Å²) >= 11 is 0. The molecule has 2 N–H and O–H groups in total. The minimum atomic E-state index is -0.689. The summed E-state index contributed by atoms with van der Waals surface area (Å²) in [5.74, 6) is 2.46. The van der Waals surface area contributed by atoms with Crippen LogP contribution in [0.4, 0.5) is 0 Å². The van der Waals surface area contributed by atoms with Crippen LogP contribution >= 0.6 is 0 Å². The van der Waals surface area contributed by atoms with Gasteiger partial charge in [-0.25, -0.2) is 0 Å². The lowest BCUT2D eigenvalue weighted by molar-refractivity contribution is 0.173. The van der Waals surface area contributed by atoms with Crippen molar-refractivity contribution in [3.8, 4) is 17.2 Å². The average Bonchev–Trinajstić information content (AvgIpc) is 3.09. The van der Waals surface area contributed by atoms with Gasteiger partial charge < -0.3 is 24.6 Å². The number of rotatable bonds is 16. The maximum Gasteiger partial charge on any atom is 0.162 e. The molecule has 5 heteroatoms. The predicted octanol–water partition coefficient (Wildman–Crippen LogP) is 7.89. The Kier molecular flexibility index (Phi) is 11.4. The van der Waals surface area contributed by atoms with Gasteiger partial charge in [-0.15, -0.1) is 0 Å². The quantitative estimate of drug-likeness (QED) is 0.115. The van der Waals surface area contributed by atoms with Gasteiger partial charge in [-0.3, -0.25) is 0 Å². The van der Waals surface area contributed by atoms with Gasteiger partial charge in [-0.2, -0.15) is 0 Å². The first-order valence-corrected chi connectivity index (χ1v) is 15.2. The highest BCUT2D eigenvalue weighted by Gasteiger charge is 2.16. The normalized spacial score (nSPS) is 12.3. The monoisotopic (exact) mass is 587 g/mol. The van der Waals surface area contributed by atoms with Crippen LogP contribution in [-0.4, -0.2) is 25.3 Å². The lowest BCUT2D eigenvalue weighted by Gasteiger charge is -2.20. The number of aliphatic hydroxyl groups is 1. The summed E-state index contributed by atoms with van der Waals surface area (Å²) in [6, 6.07) is 44.7. The van der Waals surface area contributed by atoms with E-state index >= 15 is 0 Å². The molecule has 0 aromatic heterocycles. The zero-order valence-corrected chi connectivity index (χ0v) is 25.3. The second kappa shape index (κ2) is 16.3. The van der Waals surface area contributed by atoms with Crippen molar-refractivity contribution in [2.75, 3.05) is 20.2 Å². The maximum absolute atomic E-state index is 11.1. The van der Waals surface area contributed by atoms with E-state index in [1.807, 2.05) is 91.0 Å². The van der Waals surface area contributed by atoms with Crippen molar-refractivity contribution >= 4 is 0 Å². The minimum Gasteiger partial charge on any atom is -0.497 e. The summed E-state index contributed by atoms with van der Waals surface area (Å²) < 4.78 is 17.7. The van der Waals surface area contributed by atoms with Crippen molar-refractivity contribution < 1.29 is 19.3 Å². The molecule has 0 bridgehead atoms. The third-order valence-electron chi connectivity index (χ3n) is 7.75. The van der Waals surface area contributed by atoms with Gasteiger partial charge in [0.15, 0.2) is 11.5 Å². The fraction of sp³-hybridized carbons (Fsp3) is 0.231. The zero-order chi connectivity index (χ0) is 30.4. The first-order valence-electron chi connectivity index (χ1n) is 15.2. The van der Waals surface area contributed by atoms with Crippen LogP contribution < -0.4 is 19.5 Å². The lowest BCUT2D eigenvalue weighted by atomic mass is 9.89. The van der Waals surface area contributed by atoms with Crippen molar-refractivity contribution in [2.24, 2.45) is 0 Å². The Labute approximate surface area is 261 Å². The van der Waals surface area contributed by atoms with Gasteiger partial charge >= 0.3 is 0 Å². The van der Waals surface area contributed by atoms with Gasteiger partial charge in [0.1, 0.15) is 19.0 Å². The summed E-state index contributed by atoms with van der Waals surface area (Å²) in [5, 5.41) is 14.6. The van der Waals surface area contributed by atoms with Crippen LogP contribution in [0.25, 0.3) is 0 Å². The number of benzene rings is 5. The largest absolute Gasteiger partial charge is 0.497 e. The van der Waals surface area contributed by atoms with Crippen LogP contribution in [0.1, 0.15) is 46.3 Å². The molecule has 226 valence electrons. The van der Waals surface area contributed by atoms with Crippen LogP contribution in [0.5, 0.6) is 17.2 Å². The van der Waals surface area contributed by atoms with E-state index in [1.54, 1.807) is 7.11 Å². The van der Waals surface area contributed by atoms with Crippen LogP contribution in [-0.2, 0) is 19.6 Å². The highest BCUT2D eigenvalue weighted by atomic mass is 16.5. The molecule has 5 rings (SSSR count). The first-order chi connectivity index (χ1) is 21.7. The van der Waals surface area contributed by atoms with Gasteiger partial charge in [-0.1, -0.05) is 109 Å². The molecule has 0 amide bonds. The standard InChI is InChI=1S/C39H41NO4/c1-42-36-20-17-33(18-21-36)34(25-30-11-5-2-6-12-30)23-24-40-27-37(41)35-19-22-38(43-28-31-13-7-3-8-14-31)39(26-35)44-29-32-15-9-4-10-16-32/h2-22,26,34,37,40-41H,23-25,27-29H2,1H3/t34?,37-/m1/s1. The van der Waals surface area contributed by atoms with E-state index in [0.717, 1.165) is 41.8 Å². The summed E-state index contributed by atoms with van der Waals surface area (Å²) in [4.78, 5) is 0. The minimum absolute atomic E-state index is 0.340. The fourth-order valence-electron chi connectivity index (χ4n) is 5.23. The van der Waals surface area contributed by atoms with Gasteiger partial charge in [0.05, 0.1) is 13.2 Å². The molecular weight excluding hydrogens is 546 g/mol. The average molecular weight is 588 g/mol. The molecule has 2 atom stereocenters. The Morgan fingerprint density at radius 2 is 1.16 bits per heavy atom. The molecule has 0 heterocycles. The molecule has 5 aromatic carbocycles. The van der Waals surface area contributed by atoms with Gasteiger partial charge in [0.2, 0.25) is 0 Å². The van der Waals surface area contributed by atoms with Crippen molar-refractivity contribution in [1.82, 2.24) is 5.32 Å². The fourth-order valence-corrected chi connectivity index (χ4v) is 5.23. The van der Waals surface area contributed by atoms with Gasteiger partial charge in [0.25, 0.3) is 0 Å². The van der Waals surface area contributed by atoms with E-state index in [9.17, 15) is 5.11 Å². The lowest BCUT2D eigenvalue weighted by Crippen LogP contribution is -2.24. The number of hydrogen-bond acceptors (Lipinski definition) is 5. The number of aliphatic hydroxyl groups excluding tert-OH is 1. The Bertz CT molecular complexity index is 1530. The van der Waals surface area contributed by atoms with Crippen LogP contribution in [0.2, 0.25) is 0 Å². The first kappa shape index (κ1) is 30.9. The van der Waals surface area contributed by atoms with Crippen LogP contribution in [0.15, 0.2) is 133 Å². The molecule has 0 saturated carbocycles. The molecule has 0 aliphatic heterocycles. The molecule has 0 aliphatic carbocycles. The van der Waals surface area contributed by atoms with Crippen molar-refractivity contribution in [1.29, 1.82) is 0 Å². The van der Waals surface area contributed by atoms with Crippen LogP contribution in [0.3, 0.4) is 0 Å². The molecule has 0 spiro atoms. The van der Waals surface area contributed by atoms with E-state index < -0.39 is 6.10 Å². The zero-order valence-electron chi connectivity index (χ0n) is 25.3. The molecule has 0 saturated heterocycles. The second-order valence-corrected chi connectivity index (χ2v) is 10.9. The van der Waals surface area contributed by atoms with E-state index in [0.29, 0.717) is 37.2 Å². The second-order valence-electron chi connectivity index (χ2n) is 10.9. The topological polar surface area (TPSA) is 60.0 Å². The van der Waals surface area contributed by atoms with Crippen LogP contribution in [0, 0.1) is 0 Å². The van der Waals surface area contributed by atoms with Crippen molar-refractivity contribution in [2.45, 2.75) is 38.1 Å². The molecule has 0 fully saturated rings. The number of methoxy groups -OCH3 is 1. The summed E-state index contributed by atoms with van der Waals surface area (Å²) in [5.41, 5.74) is 5.52. The predicted molar refractivity (Wildman–Crippen MR) is 176 cm³/mol. The molecule has 0 radical (unpaired) electrons. The van der Waals surface area contributed by atoms with Gasteiger partial charge in [-0.05, 0) is 77.4 Å². The van der Waals surface area contributed by atoms with E-state index in [2.05, 4.69) is 47.8 Å². The SMILES string of the molecule is COc1ccc(C(CCNC[C@@H](O)c2ccc(OCc3ccccc3)c(OCc3ccccc3)c2)Cc2ccccc2)cc1. The van der Waals surface area contributed by atoms with Crippen molar-refractivity contribution in [3.05, 3.63) is 161 Å². The highest BCUT2D eigenvalue weighted by Crippen LogP contribution is 2.32. The molecule has 5 aromatic rings. The van der Waals surface area contributed by atoms with E-state index in [4.69, 9.17) is 14.2 Å². The molecule has 1 unspecified atom stereocenters. The Hall–Kier alpha value is -4.58. The third kappa shape index (κ3) is 9.21. The summed E-state index contributed by atoms with van der Waals surface area (Å²) in [7, 11) is 1.69. The highest BCUT2D eigenvalue weighted by molar-refractivity contribution is 5.44. The maximum atomic E-state index is 11.1. The summed E-state index contributed by atoms with van der Waals surface area (Å²) in [6.45, 7) is 2.05. The molecule has 5 nitrogen and oxygen atoms in total. The molecule has 44 heavy (non-hydrogen) atoms. The number of ether oxygens (including phenoxy) is 3. The Morgan fingerprint density at radius 1 is 0.614 bits per heavy atom. The summed E-state index contributed by atoms with van der Waals surface area (Å²) in [6.07, 6.45) is 1.20. The Morgan fingerprint density at radius 3 is 1.75 bits per heavy atom. The van der Waals surface area contributed by atoms with Crippen molar-refractivity contribution in [3.63, 3.8) is 0 Å². The van der Waals surface area contributed by atoms with E-state index in [-0.39, 0.29) is 0 Å². The molecule has 0 aliphatic rings. The number of nitrogens with one attached hydrogen (secondary N) is 1. The Balaban J connectivity index is 1.21. The molecular formula is C39H41NO4. The van der Waals surface area contributed by atoms with E-state index in [1.165, 1.54) is 11.1 Å². The van der Waals surface area contributed by atoms with Gasteiger partial charge in [0, 0.05) is 6.54 Å².